The number of hydrogen-bond donors (Lipinski definition) is 0. The van der Waals surface area contributed by atoms with E-state index in [2.05, 4.69) is 68.8 Å². The molecule has 0 spiro atoms. The summed E-state index contributed by atoms with van der Waals surface area (Å²) in [5.41, 5.74) is 35.9. The van der Waals surface area contributed by atoms with Crippen LogP contribution in [0.3, 0.4) is 0 Å². The Hall–Kier alpha value is -5.38. The summed E-state index contributed by atoms with van der Waals surface area (Å²) in [7, 11) is 3.15. The first-order valence-electron chi connectivity index (χ1n) is 10.3. The number of hydrogen-bond acceptors (Lipinski definition) is 2. The maximum absolute atomic E-state index is 5.42. The van der Waals surface area contributed by atoms with Crippen LogP contribution in [0.5, 0.6) is 11.5 Å². The molecule has 1 aliphatic carbocycles. The molecule has 4 rings (SSSR count). The molecule has 0 bridgehead atoms. The van der Waals surface area contributed by atoms with Crippen molar-refractivity contribution in [1.82, 2.24) is 0 Å². The van der Waals surface area contributed by atoms with Gasteiger partial charge in [-0.05, 0) is 58.7 Å². The molecule has 0 unspecified atom stereocenters. The lowest BCUT2D eigenvalue weighted by molar-refractivity contribution is 0.354. The van der Waals surface area contributed by atoms with Crippen LogP contribution in [0, 0.1) is 0 Å². The summed E-state index contributed by atoms with van der Waals surface area (Å²) in [4.78, 5) is 0. The Balaban J connectivity index is 2.41. The second kappa shape index (κ2) is 10.8. The molecular weight excluding hydrogens is 416 g/mol. The van der Waals surface area contributed by atoms with Gasteiger partial charge in [-0.3, -0.25) is 0 Å². The Labute approximate surface area is 196 Å². The van der Waals surface area contributed by atoms with E-state index in [0.717, 1.165) is 20.9 Å². The van der Waals surface area contributed by atoms with E-state index in [-0.39, 0.29) is 0 Å². The van der Waals surface area contributed by atoms with E-state index in [1.807, 2.05) is 48.5 Å². The molecule has 0 radical (unpaired) electrons. The second-order valence-corrected chi connectivity index (χ2v) is 6.84. The Kier molecular flexibility index (Phi) is 6.92. The van der Waals surface area contributed by atoms with Crippen molar-refractivity contribution in [2.75, 3.05) is 14.2 Å². The van der Waals surface area contributed by atoms with E-state index in [0.29, 0.717) is 21.9 Å². The lowest BCUT2D eigenvalue weighted by Crippen LogP contribution is -2.22. The summed E-state index contributed by atoms with van der Waals surface area (Å²) in [5, 5.41) is 4.48. The van der Waals surface area contributed by atoms with Crippen LogP contribution in [0.15, 0.2) is 95.1 Å². The van der Waals surface area contributed by atoms with Crippen LogP contribution in [0.25, 0.3) is 34.4 Å². The minimum atomic E-state index is 0.562. The minimum absolute atomic E-state index is 0.562. The van der Waals surface area contributed by atoms with Gasteiger partial charge in [-0.1, -0.05) is 58.7 Å². The average Bonchev–Trinajstić information content (AvgIpc) is 2.88. The van der Waals surface area contributed by atoms with Crippen LogP contribution < -0.4 is 40.8 Å². The summed E-state index contributed by atoms with van der Waals surface area (Å²) in [6, 6.07) is 18.9. The zero-order valence-corrected chi connectivity index (χ0v) is 18.6. The molecule has 0 fully saturated rings. The average molecular weight is 432 g/mol. The highest BCUT2D eigenvalue weighted by molar-refractivity contribution is 5.45. The highest BCUT2D eigenvalue weighted by atomic mass is 16.5. The second-order valence-electron chi connectivity index (χ2n) is 6.84. The van der Waals surface area contributed by atoms with Gasteiger partial charge in [0, 0.05) is 43.4 Å². The normalized spacial score (nSPS) is 10.1. The maximum atomic E-state index is 5.42. The molecule has 2 heteroatoms. The summed E-state index contributed by atoms with van der Waals surface area (Å²) in [5.74, 6) is 1.12. The molecule has 0 aliphatic heterocycles. The van der Waals surface area contributed by atoms with Gasteiger partial charge >= 0.3 is 0 Å². The van der Waals surface area contributed by atoms with Crippen LogP contribution in [0.1, 0.15) is 0 Å². The molecule has 0 atom stereocenters. The molecular formula is C32H16O2. The largest absolute Gasteiger partial charge is 0.493 e. The van der Waals surface area contributed by atoms with Crippen molar-refractivity contribution < 1.29 is 9.47 Å². The van der Waals surface area contributed by atoms with Gasteiger partial charge < -0.3 is 9.47 Å². The quantitative estimate of drug-likeness (QED) is 0.440. The van der Waals surface area contributed by atoms with E-state index < -0.39 is 0 Å². The lowest BCUT2D eigenvalue weighted by atomic mass is 10.2. The van der Waals surface area contributed by atoms with Crippen LogP contribution >= 0.6 is 0 Å². The molecule has 0 heterocycles. The van der Waals surface area contributed by atoms with E-state index in [9.17, 15) is 0 Å². The predicted molar refractivity (Wildman–Crippen MR) is 132 cm³/mol. The molecule has 156 valence electrons. The Bertz CT molecular complexity index is 1910. The molecule has 0 saturated heterocycles. The van der Waals surface area contributed by atoms with Crippen LogP contribution in [0.2, 0.25) is 0 Å². The summed E-state index contributed by atoms with van der Waals surface area (Å²) in [6.45, 7) is 0. The van der Waals surface area contributed by atoms with Crippen molar-refractivity contribution in [1.29, 1.82) is 0 Å². The Morgan fingerprint density at radius 2 is 0.676 bits per heavy atom. The fourth-order valence-electron chi connectivity index (χ4n) is 3.08. The molecule has 0 N–H and O–H groups in total. The van der Waals surface area contributed by atoms with Gasteiger partial charge in [-0.25, -0.2) is 0 Å². The highest BCUT2D eigenvalue weighted by Crippen LogP contribution is 2.21. The molecule has 3 aromatic carbocycles. The molecule has 0 amide bonds. The monoisotopic (exact) mass is 432 g/mol. The number of methoxy groups -OCH3 is 2. The smallest absolute Gasteiger partial charge is 0.162 e. The van der Waals surface area contributed by atoms with Gasteiger partial charge in [0.1, 0.15) is 0 Å². The number of ether oxygens (including phenoxy) is 2. The predicted octanol–water partition coefficient (Wildman–Crippen LogP) is 0.993. The SMILES string of the molecule is COc1cc2c(cc1OC)=C=C=C=C=c1ccccc1=C=C=C=C=c1ccccc1=C=C=C=C=2. The molecule has 0 aromatic heterocycles. The summed E-state index contributed by atoms with van der Waals surface area (Å²) in [6.07, 6.45) is 0. The van der Waals surface area contributed by atoms with Crippen LogP contribution in [0.4, 0.5) is 0 Å². The summed E-state index contributed by atoms with van der Waals surface area (Å²) >= 11 is 0. The highest BCUT2D eigenvalue weighted by Gasteiger charge is 2.02. The van der Waals surface area contributed by atoms with Crippen molar-refractivity contribution in [3.05, 3.63) is 126 Å². The third-order valence-corrected chi connectivity index (χ3v) is 4.75. The Morgan fingerprint density at radius 1 is 0.412 bits per heavy atom. The van der Waals surface area contributed by atoms with Gasteiger partial charge in [-0.15, -0.1) is 0 Å². The van der Waals surface area contributed by atoms with Crippen molar-refractivity contribution in [3.63, 3.8) is 0 Å². The number of benzene rings is 3. The Morgan fingerprint density at radius 3 is 0.941 bits per heavy atom. The standard InChI is InChI=1S/C32H16O2/c1-33-31-23-29-21-11-9-19-27-17-7-5-15-25(27)13-3-4-14-26-16-6-8-18-28(26)20-10-12-22-30(29)24-32(31)34-2/h5-8,15-18,23-24H,1-2H3. The van der Waals surface area contributed by atoms with E-state index in [1.165, 1.54) is 0 Å². The summed E-state index contributed by atoms with van der Waals surface area (Å²) < 4.78 is 10.8. The number of rotatable bonds is 2. The fraction of sp³-hybridized carbons (Fsp3) is 0.0625. The third-order valence-electron chi connectivity index (χ3n) is 4.75. The van der Waals surface area contributed by atoms with Gasteiger partial charge in [0.25, 0.3) is 0 Å². The molecule has 3 aromatic rings. The first-order chi connectivity index (χ1) is 16.8. The van der Waals surface area contributed by atoms with Crippen molar-refractivity contribution in [2.45, 2.75) is 0 Å². The van der Waals surface area contributed by atoms with E-state index in [4.69, 9.17) is 9.47 Å². The molecule has 2 nitrogen and oxygen atoms in total. The first kappa shape index (κ1) is 21.8. The van der Waals surface area contributed by atoms with Crippen molar-refractivity contribution in [2.24, 2.45) is 0 Å². The maximum Gasteiger partial charge on any atom is 0.162 e. The van der Waals surface area contributed by atoms with E-state index >= 15 is 0 Å². The van der Waals surface area contributed by atoms with Gasteiger partial charge in [0.05, 0.1) is 14.2 Å². The molecule has 1 aliphatic rings. The van der Waals surface area contributed by atoms with Gasteiger partial charge in [0.15, 0.2) is 11.5 Å². The van der Waals surface area contributed by atoms with Gasteiger partial charge in [0.2, 0.25) is 0 Å². The zero-order valence-electron chi connectivity index (χ0n) is 18.6. The third kappa shape index (κ3) is 5.26. The van der Waals surface area contributed by atoms with Crippen molar-refractivity contribution >= 4 is 34.4 Å². The molecule has 34 heavy (non-hydrogen) atoms. The minimum Gasteiger partial charge on any atom is -0.493 e. The van der Waals surface area contributed by atoms with Crippen LogP contribution in [-0.2, 0) is 0 Å². The first-order valence-corrected chi connectivity index (χ1v) is 10.3. The number of fused-ring (bicyclic) bond motifs is 3. The zero-order chi connectivity index (χ0) is 23.6. The van der Waals surface area contributed by atoms with Crippen LogP contribution in [-0.4, -0.2) is 14.2 Å². The van der Waals surface area contributed by atoms with E-state index in [1.54, 1.807) is 26.4 Å². The fourth-order valence-corrected chi connectivity index (χ4v) is 3.08. The topological polar surface area (TPSA) is 18.5 Å². The van der Waals surface area contributed by atoms with Crippen molar-refractivity contribution in [3.8, 4) is 11.5 Å². The molecule has 0 saturated carbocycles. The van der Waals surface area contributed by atoms with Gasteiger partial charge in [-0.2, -0.15) is 0 Å². The lowest BCUT2D eigenvalue weighted by Gasteiger charge is -2.05.